The Kier molecular flexibility index (Phi) is 2.86. The molecule has 3 nitrogen and oxygen atoms in total. The standard InChI is InChI=1S/C10H20N2O/c1-8(2)12-6-9-4-3-5-11-10(9)13-7-12/h8-11H,3-7H2,1-2H3. The molecule has 0 aromatic carbocycles. The lowest BCUT2D eigenvalue weighted by Crippen LogP contribution is -2.55. The third kappa shape index (κ3) is 2.03. The van der Waals surface area contributed by atoms with Crippen LogP contribution >= 0.6 is 0 Å². The maximum absolute atomic E-state index is 5.77. The first-order chi connectivity index (χ1) is 6.27. The number of hydrogen-bond acceptors (Lipinski definition) is 3. The van der Waals surface area contributed by atoms with Gasteiger partial charge in [0.25, 0.3) is 0 Å². The zero-order valence-corrected chi connectivity index (χ0v) is 8.62. The molecule has 0 spiro atoms. The highest BCUT2D eigenvalue weighted by molar-refractivity contribution is 4.81. The average Bonchev–Trinajstić information content (AvgIpc) is 2.17. The number of fused-ring (bicyclic) bond motifs is 1. The Morgan fingerprint density at radius 2 is 2.31 bits per heavy atom. The molecule has 0 aromatic rings. The highest BCUT2D eigenvalue weighted by Gasteiger charge is 2.32. The number of piperidine rings is 1. The summed E-state index contributed by atoms with van der Waals surface area (Å²) in [5, 5.41) is 3.43. The molecule has 1 N–H and O–H groups in total. The highest BCUT2D eigenvalue weighted by atomic mass is 16.5. The highest BCUT2D eigenvalue weighted by Crippen LogP contribution is 2.23. The Bertz CT molecular complexity index is 172. The number of nitrogens with one attached hydrogen (secondary N) is 1. The molecule has 2 heterocycles. The van der Waals surface area contributed by atoms with Crippen LogP contribution in [0.5, 0.6) is 0 Å². The lowest BCUT2D eigenvalue weighted by molar-refractivity contribution is -0.135. The second kappa shape index (κ2) is 3.95. The van der Waals surface area contributed by atoms with E-state index in [0.717, 1.165) is 13.3 Å². The Hall–Kier alpha value is -0.120. The number of rotatable bonds is 1. The summed E-state index contributed by atoms with van der Waals surface area (Å²) in [4.78, 5) is 2.41. The van der Waals surface area contributed by atoms with Crippen LogP contribution in [-0.4, -0.2) is 37.0 Å². The van der Waals surface area contributed by atoms with Gasteiger partial charge in [0.1, 0.15) is 13.0 Å². The van der Waals surface area contributed by atoms with Crippen molar-refractivity contribution in [2.75, 3.05) is 19.8 Å². The fourth-order valence-electron chi connectivity index (χ4n) is 2.20. The summed E-state index contributed by atoms with van der Waals surface area (Å²) in [6.07, 6.45) is 2.96. The van der Waals surface area contributed by atoms with Crippen LogP contribution in [0.3, 0.4) is 0 Å². The van der Waals surface area contributed by atoms with Crippen LogP contribution in [0.4, 0.5) is 0 Å². The molecule has 13 heavy (non-hydrogen) atoms. The van der Waals surface area contributed by atoms with E-state index < -0.39 is 0 Å². The topological polar surface area (TPSA) is 24.5 Å². The number of nitrogens with zero attached hydrogens (tertiary/aromatic N) is 1. The third-order valence-electron chi connectivity index (χ3n) is 3.14. The van der Waals surface area contributed by atoms with E-state index in [1.807, 2.05) is 0 Å². The molecular formula is C10H20N2O. The minimum atomic E-state index is 0.337. The van der Waals surface area contributed by atoms with E-state index in [0.29, 0.717) is 18.2 Å². The molecular weight excluding hydrogens is 164 g/mol. The first-order valence-corrected chi connectivity index (χ1v) is 5.36. The first-order valence-electron chi connectivity index (χ1n) is 5.36. The van der Waals surface area contributed by atoms with E-state index in [2.05, 4.69) is 24.1 Å². The number of hydrogen-bond donors (Lipinski definition) is 1. The molecule has 2 aliphatic heterocycles. The summed E-state index contributed by atoms with van der Waals surface area (Å²) in [7, 11) is 0. The van der Waals surface area contributed by atoms with Gasteiger partial charge in [0.2, 0.25) is 0 Å². The molecule has 2 aliphatic rings. The Labute approximate surface area is 80.4 Å². The molecule has 0 aliphatic carbocycles. The molecule has 0 radical (unpaired) electrons. The van der Waals surface area contributed by atoms with Gasteiger partial charge >= 0.3 is 0 Å². The van der Waals surface area contributed by atoms with Gasteiger partial charge in [0, 0.05) is 18.5 Å². The SMILES string of the molecule is CC(C)N1COC2NCCCC2C1. The Morgan fingerprint density at radius 3 is 3.08 bits per heavy atom. The lowest BCUT2D eigenvalue weighted by atomic mass is 9.95. The van der Waals surface area contributed by atoms with Crippen LogP contribution in [0.2, 0.25) is 0 Å². The van der Waals surface area contributed by atoms with Crippen molar-refractivity contribution in [2.24, 2.45) is 5.92 Å². The van der Waals surface area contributed by atoms with Crippen LogP contribution in [0.1, 0.15) is 26.7 Å². The van der Waals surface area contributed by atoms with Gasteiger partial charge in [-0.2, -0.15) is 0 Å². The summed E-state index contributed by atoms with van der Waals surface area (Å²) < 4.78 is 5.77. The van der Waals surface area contributed by atoms with E-state index in [9.17, 15) is 0 Å². The first kappa shape index (κ1) is 9.44. The van der Waals surface area contributed by atoms with Crippen molar-refractivity contribution in [1.82, 2.24) is 10.2 Å². The molecule has 76 valence electrons. The van der Waals surface area contributed by atoms with E-state index in [4.69, 9.17) is 4.74 Å². The molecule has 0 aromatic heterocycles. The minimum absolute atomic E-state index is 0.337. The van der Waals surface area contributed by atoms with E-state index in [1.54, 1.807) is 0 Å². The zero-order chi connectivity index (χ0) is 9.26. The van der Waals surface area contributed by atoms with Crippen molar-refractivity contribution >= 4 is 0 Å². The van der Waals surface area contributed by atoms with E-state index >= 15 is 0 Å². The van der Waals surface area contributed by atoms with Gasteiger partial charge in [-0.05, 0) is 33.2 Å². The second-order valence-corrected chi connectivity index (χ2v) is 4.44. The third-order valence-corrected chi connectivity index (χ3v) is 3.14. The predicted molar refractivity (Wildman–Crippen MR) is 52.3 cm³/mol. The van der Waals surface area contributed by atoms with Crippen molar-refractivity contribution in [3.05, 3.63) is 0 Å². The van der Waals surface area contributed by atoms with Crippen LogP contribution in [0.25, 0.3) is 0 Å². The molecule has 0 saturated carbocycles. The summed E-state index contributed by atoms with van der Waals surface area (Å²) in [6.45, 7) is 7.60. The molecule has 0 bridgehead atoms. The molecule has 2 unspecified atom stereocenters. The Balaban J connectivity index is 1.91. The normalized spacial score (nSPS) is 36.2. The fraction of sp³-hybridized carbons (Fsp3) is 1.00. The van der Waals surface area contributed by atoms with E-state index in [1.165, 1.54) is 19.4 Å². The van der Waals surface area contributed by atoms with Crippen LogP contribution < -0.4 is 5.32 Å². The number of ether oxygens (including phenoxy) is 1. The Morgan fingerprint density at radius 1 is 1.46 bits per heavy atom. The predicted octanol–water partition coefficient (Wildman–Crippen LogP) is 1.01. The monoisotopic (exact) mass is 184 g/mol. The summed E-state index contributed by atoms with van der Waals surface area (Å²) in [6, 6.07) is 0.614. The minimum Gasteiger partial charge on any atom is -0.348 e. The molecule has 3 heteroatoms. The average molecular weight is 184 g/mol. The van der Waals surface area contributed by atoms with Gasteiger partial charge in [-0.15, -0.1) is 0 Å². The van der Waals surface area contributed by atoms with Gasteiger partial charge in [-0.1, -0.05) is 0 Å². The van der Waals surface area contributed by atoms with Crippen LogP contribution in [-0.2, 0) is 4.74 Å². The fourth-order valence-corrected chi connectivity index (χ4v) is 2.20. The second-order valence-electron chi connectivity index (χ2n) is 4.44. The van der Waals surface area contributed by atoms with Crippen molar-refractivity contribution in [2.45, 2.75) is 39.0 Å². The van der Waals surface area contributed by atoms with Gasteiger partial charge < -0.3 is 4.74 Å². The van der Waals surface area contributed by atoms with Gasteiger partial charge in [-0.25, -0.2) is 0 Å². The molecule has 2 saturated heterocycles. The van der Waals surface area contributed by atoms with E-state index in [-0.39, 0.29) is 0 Å². The van der Waals surface area contributed by atoms with Crippen molar-refractivity contribution in [3.63, 3.8) is 0 Å². The zero-order valence-electron chi connectivity index (χ0n) is 8.62. The van der Waals surface area contributed by atoms with Gasteiger partial charge in [0.15, 0.2) is 0 Å². The smallest absolute Gasteiger partial charge is 0.113 e. The van der Waals surface area contributed by atoms with Crippen molar-refractivity contribution in [1.29, 1.82) is 0 Å². The maximum Gasteiger partial charge on any atom is 0.113 e. The van der Waals surface area contributed by atoms with Gasteiger partial charge in [-0.3, -0.25) is 10.2 Å². The molecule has 2 rings (SSSR count). The largest absolute Gasteiger partial charge is 0.348 e. The summed E-state index contributed by atoms with van der Waals surface area (Å²) in [5.41, 5.74) is 0. The van der Waals surface area contributed by atoms with Crippen LogP contribution in [0, 0.1) is 5.92 Å². The molecule has 2 atom stereocenters. The lowest BCUT2D eigenvalue weighted by Gasteiger charge is -2.42. The molecule has 0 amide bonds. The van der Waals surface area contributed by atoms with Gasteiger partial charge in [0.05, 0.1) is 0 Å². The van der Waals surface area contributed by atoms with Crippen LogP contribution in [0.15, 0.2) is 0 Å². The summed E-state index contributed by atoms with van der Waals surface area (Å²) in [5.74, 6) is 0.713. The quantitative estimate of drug-likeness (QED) is 0.658. The molecule has 2 fully saturated rings. The van der Waals surface area contributed by atoms with Crippen molar-refractivity contribution in [3.8, 4) is 0 Å². The summed E-state index contributed by atoms with van der Waals surface area (Å²) >= 11 is 0. The maximum atomic E-state index is 5.77. The van der Waals surface area contributed by atoms with Crippen molar-refractivity contribution < 1.29 is 4.74 Å².